The molecule has 0 N–H and O–H groups in total. The van der Waals surface area contributed by atoms with Gasteiger partial charge in [0.1, 0.15) is 11.6 Å². The summed E-state index contributed by atoms with van der Waals surface area (Å²) in [5.41, 5.74) is 1.15. The predicted octanol–water partition coefficient (Wildman–Crippen LogP) is 5.47. The molecular formula is C18H10ClFN2O2. The summed E-state index contributed by atoms with van der Waals surface area (Å²) in [6.45, 7) is 0. The minimum atomic E-state index is -0.475. The largest absolute Gasteiger partial charge is 0.450 e. The molecule has 1 aromatic carbocycles. The van der Waals surface area contributed by atoms with E-state index >= 15 is 0 Å². The Kier molecular flexibility index (Phi) is 3.63. The van der Waals surface area contributed by atoms with E-state index in [0.29, 0.717) is 28.7 Å². The van der Waals surface area contributed by atoms with Gasteiger partial charge in [-0.3, -0.25) is 0 Å². The molecule has 4 aromatic rings. The summed E-state index contributed by atoms with van der Waals surface area (Å²) < 4.78 is 24.9. The van der Waals surface area contributed by atoms with Crippen LogP contribution in [0.2, 0.25) is 5.02 Å². The van der Waals surface area contributed by atoms with Gasteiger partial charge < -0.3 is 9.15 Å². The number of hydrogen-bond donors (Lipinski definition) is 0. The Hall–Kier alpha value is -2.92. The molecule has 0 saturated carbocycles. The molecule has 4 nitrogen and oxygen atoms in total. The first kappa shape index (κ1) is 14.7. The van der Waals surface area contributed by atoms with Crippen molar-refractivity contribution in [1.82, 2.24) is 9.97 Å². The minimum Gasteiger partial charge on any atom is -0.450 e. The second-order valence-electron chi connectivity index (χ2n) is 5.04. The van der Waals surface area contributed by atoms with E-state index in [4.69, 9.17) is 20.8 Å². The van der Waals surface area contributed by atoms with Gasteiger partial charge in [-0.15, -0.1) is 0 Å². The summed E-state index contributed by atoms with van der Waals surface area (Å²) >= 11 is 5.84. The van der Waals surface area contributed by atoms with E-state index in [1.165, 1.54) is 12.1 Å². The average Bonchev–Trinajstić information content (AvgIpc) is 3.04. The van der Waals surface area contributed by atoms with Crippen LogP contribution in [0.3, 0.4) is 0 Å². The number of hydrogen-bond acceptors (Lipinski definition) is 4. The second-order valence-corrected chi connectivity index (χ2v) is 5.45. The van der Waals surface area contributed by atoms with E-state index in [2.05, 4.69) is 9.97 Å². The zero-order valence-corrected chi connectivity index (χ0v) is 13.0. The van der Waals surface area contributed by atoms with E-state index in [1.807, 2.05) is 12.1 Å². The number of benzene rings is 1. The normalized spacial score (nSPS) is 10.9. The van der Waals surface area contributed by atoms with Crippen LogP contribution in [0.4, 0.5) is 4.39 Å². The third kappa shape index (κ3) is 2.70. The van der Waals surface area contributed by atoms with Crippen LogP contribution in [-0.2, 0) is 0 Å². The van der Waals surface area contributed by atoms with E-state index < -0.39 is 5.82 Å². The topological polar surface area (TPSA) is 48.2 Å². The zero-order valence-electron chi connectivity index (χ0n) is 12.2. The molecule has 0 aliphatic carbocycles. The van der Waals surface area contributed by atoms with Gasteiger partial charge in [-0.05, 0) is 36.4 Å². The number of rotatable bonds is 3. The summed E-state index contributed by atoms with van der Waals surface area (Å²) in [7, 11) is 0. The molecule has 0 aliphatic heterocycles. The van der Waals surface area contributed by atoms with Crippen molar-refractivity contribution < 1.29 is 13.5 Å². The van der Waals surface area contributed by atoms with Crippen LogP contribution in [0, 0.1) is 5.82 Å². The lowest BCUT2D eigenvalue weighted by Gasteiger charge is -2.03. The lowest BCUT2D eigenvalue weighted by molar-refractivity contribution is 0.439. The molecular weight excluding hydrogens is 331 g/mol. The highest BCUT2D eigenvalue weighted by Crippen LogP contribution is 2.34. The highest BCUT2D eigenvalue weighted by atomic mass is 35.5. The number of ether oxygens (including phenoxy) is 1. The van der Waals surface area contributed by atoms with Gasteiger partial charge >= 0.3 is 0 Å². The number of pyridine rings is 2. The third-order valence-corrected chi connectivity index (χ3v) is 3.73. The molecule has 118 valence electrons. The Morgan fingerprint density at radius 3 is 2.71 bits per heavy atom. The predicted molar refractivity (Wildman–Crippen MR) is 88.7 cm³/mol. The van der Waals surface area contributed by atoms with Crippen molar-refractivity contribution in [1.29, 1.82) is 0 Å². The maximum absolute atomic E-state index is 13.3. The Bertz CT molecular complexity index is 1020. The number of furan rings is 1. The maximum atomic E-state index is 13.3. The zero-order chi connectivity index (χ0) is 16.5. The van der Waals surface area contributed by atoms with Gasteiger partial charge in [0.25, 0.3) is 5.88 Å². The SMILES string of the molecule is Fc1ccc(-c2cc3ccnc(Oc4ccccn4)c3o2)cc1Cl. The van der Waals surface area contributed by atoms with Gasteiger partial charge in [0.2, 0.25) is 5.88 Å². The summed E-state index contributed by atoms with van der Waals surface area (Å²) in [5.74, 6) is 0.800. The van der Waals surface area contributed by atoms with Crippen molar-refractivity contribution in [3.63, 3.8) is 0 Å². The molecule has 0 aliphatic rings. The molecule has 0 fully saturated rings. The smallest absolute Gasteiger partial charge is 0.265 e. The molecule has 6 heteroatoms. The lowest BCUT2D eigenvalue weighted by Crippen LogP contribution is -1.89. The Morgan fingerprint density at radius 1 is 1.00 bits per heavy atom. The van der Waals surface area contributed by atoms with Crippen LogP contribution in [0.1, 0.15) is 0 Å². The molecule has 0 bridgehead atoms. The minimum absolute atomic E-state index is 0.0380. The highest BCUT2D eigenvalue weighted by Gasteiger charge is 2.14. The first-order valence-corrected chi connectivity index (χ1v) is 7.51. The molecule has 4 rings (SSSR count). The fourth-order valence-electron chi connectivity index (χ4n) is 2.31. The van der Waals surface area contributed by atoms with Gasteiger partial charge in [-0.2, -0.15) is 0 Å². The lowest BCUT2D eigenvalue weighted by atomic mass is 10.1. The molecule has 24 heavy (non-hydrogen) atoms. The van der Waals surface area contributed by atoms with Gasteiger partial charge in [-0.1, -0.05) is 17.7 Å². The molecule has 0 atom stereocenters. The van der Waals surface area contributed by atoms with Gasteiger partial charge in [-0.25, -0.2) is 14.4 Å². The van der Waals surface area contributed by atoms with E-state index in [9.17, 15) is 4.39 Å². The molecule has 3 aromatic heterocycles. The molecule has 0 radical (unpaired) electrons. The Labute approximate surface area is 141 Å². The molecule has 3 heterocycles. The van der Waals surface area contributed by atoms with E-state index in [-0.39, 0.29) is 5.02 Å². The van der Waals surface area contributed by atoms with Gasteiger partial charge in [0.15, 0.2) is 5.58 Å². The fraction of sp³-hybridized carbons (Fsp3) is 0. The van der Waals surface area contributed by atoms with E-state index in [0.717, 1.165) is 5.39 Å². The van der Waals surface area contributed by atoms with E-state index in [1.54, 1.807) is 36.7 Å². The number of nitrogens with zero attached hydrogens (tertiary/aromatic N) is 2. The summed E-state index contributed by atoms with van der Waals surface area (Å²) in [4.78, 5) is 8.30. The van der Waals surface area contributed by atoms with Crippen LogP contribution in [0.15, 0.2) is 65.3 Å². The Balaban J connectivity index is 1.78. The number of fused-ring (bicyclic) bond motifs is 1. The van der Waals surface area contributed by atoms with Gasteiger partial charge in [0, 0.05) is 29.4 Å². The molecule has 0 unspecified atom stereocenters. The fourth-order valence-corrected chi connectivity index (χ4v) is 2.49. The number of halogens is 2. The van der Waals surface area contributed by atoms with Crippen molar-refractivity contribution >= 4 is 22.6 Å². The summed E-state index contributed by atoms with van der Waals surface area (Å²) in [6, 6.07) is 13.4. The van der Waals surface area contributed by atoms with Crippen molar-refractivity contribution in [3.05, 3.63) is 71.8 Å². The molecule has 0 spiro atoms. The first-order valence-electron chi connectivity index (χ1n) is 7.13. The van der Waals surface area contributed by atoms with Crippen LogP contribution >= 0.6 is 11.6 Å². The quantitative estimate of drug-likeness (QED) is 0.496. The van der Waals surface area contributed by atoms with Crippen LogP contribution < -0.4 is 4.74 Å². The number of aromatic nitrogens is 2. The van der Waals surface area contributed by atoms with Crippen LogP contribution in [-0.4, -0.2) is 9.97 Å². The standard InChI is InChI=1S/C18H10ClFN2O2/c19-13-9-11(4-5-14(13)20)15-10-12-6-8-22-18(17(12)23-15)24-16-3-1-2-7-21-16/h1-10H. The summed E-state index contributed by atoms with van der Waals surface area (Å²) in [6.07, 6.45) is 3.25. The average molecular weight is 341 g/mol. The third-order valence-electron chi connectivity index (χ3n) is 3.44. The highest BCUT2D eigenvalue weighted by molar-refractivity contribution is 6.31. The second kappa shape index (κ2) is 5.94. The van der Waals surface area contributed by atoms with Gasteiger partial charge in [0.05, 0.1) is 5.02 Å². The molecule has 0 saturated heterocycles. The van der Waals surface area contributed by atoms with Crippen molar-refractivity contribution in [3.8, 4) is 23.1 Å². The van der Waals surface area contributed by atoms with Crippen LogP contribution in [0.5, 0.6) is 11.8 Å². The first-order chi connectivity index (χ1) is 11.7. The van der Waals surface area contributed by atoms with Crippen molar-refractivity contribution in [2.75, 3.05) is 0 Å². The van der Waals surface area contributed by atoms with Crippen molar-refractivity contribution in [2.24, 2.45) is 0 Å². The monoisotopic (exact) mass is 340 g/mol. The van der Waals surface area contributed by atoms with Crippen molar-refractivity contribution in [2.45, 2.75) is 0 Å². The summed E-state index contributed by atoms with van der Waals surface area (Å²) in [5, 5.41) is 0.849. The molecule has 0 amide bonds. The van der Waals surface area contributed by atoms with Crippen LogP contribution in [0.25, 0.3) is 22.3 Å². The maximum Gasteiger partial charge on any atom is 0.265 e. The Morgan fingerprint density at radius 2 is 1.92 bits per heavy atom.